The van der Waals surface area contributed by atoms with Crippen molar-refractivity contribution in [3.05, 3.63) is 64.5 Å². The lowest BCUT2D eigenvalue weighted by Crippen LogP contribution is -2.32. The number of aliphatic hydroxyl groups is 1. The molecular formula is C20H17F7O2. The second-order valence-electron chi connectivity index (χ2n) is 7.35. The standard InChI is InChI=1S/C20H17F7O2/c1-10-2-4-19(28,5-3-10)11-6-13(21)17(14(22)7-11)20(26,27)29-12-8-15(23)18(25)16(24)9-12/h6-10,28H,2-5H2,1H3. The maximum Gasteiger partial charge on any atom is 0.432 e. The molecule has 0 atom stereocenters. The van der Waals surface area contributed by atoms with Crippen LogP contribution in [0, 0.1) is 35.0 Å². The van der Waals surface area contributed by atoms with Gasteiger partial charge in [-0.2, -0.15) is 8.78 Å². The number of hydrogen-bond donors (Lipinski definition) is 1. The van der Waals surface area contributed by atoms with Gasteiger partial charge in [0, 0.05) is 12.1 Å². The minimum absolute atomic E-state index is 0.127. The molecule has 2 aromatic rings. The minimum Gasteiger partial charge on any atom is -0.429 e. The van der Waals surface area contributed by atoms with Gasteiger partial charge >= 0.3 is 6.11 Å². The Morgan fingerprint density at radius 2 is 1.38 bits per heavy atom. The smallest absolute Gasteiger partial charge is 0.429 e. The van der Waals surface area contributed by atoms with Crippen molar-refractivity contribution in [1.29, 1.82) is 0 Å². The van der Waals surface area contributed by atoms with Gasteiger partial charge in [0.25, 0.3) is 0 Å². The molecule has 0 aromatic heterocycles. The third-order valence-electron chi connectivity index (χ3n) is 5.18. The molecule has 0 aliphatic heterocycles. The molecule has 0 heterocycles. The molecule has 0 saturated heterocycles. The third kappa shape index (κ3) is 4.19. The summed E-state index contributed by atoms with van der Waals surface area (Å²) in [5.41, 5.74) is -3.52. The van der Waals surface area contributed by atoms with Crippen molar-refractivity contribution in [2.45, 2.75) is 44.3 Å². The SMILES string of the molecule is CC1CCC(O)(c2cc(F)c(C(F)(F)Oc3cc(F)c(F)c(F)c3)c(F)c2)CC1. The van der Waals surface area contributed by atoms with Gasteiger partial charge in [0.1, 0.15) is 22.9 Å². The van der Waals surface area contributed by atoms with Gasteiger partial charge in [-0.15, -0.1) is 0 Å². The zero-order valence-electron chi connectivity index (χ0n) is 15.2. The highest BCUT2D eigenvalue weighted by Crippen LogP contribution is 2.42. The van der Waals surface area contributed by atoms with Gasteiger partial charge in [-0.25, -0.2) is 22.0 Å². The summed E-state index contributed by atoms with van der Waals surface area (Å²) in [6, 6.07) is 1.44. The predicted molar refractivity (Wildman–Crippen MR) is 88.7 cm³/mol. The Morgan fingerprint density at radius 1 is 0.897 bits per heavy atom. The minimum atomic E-state index is -4.66. The molecule has 0 bridgehead atoms. The van der Waals surface area contributed by atoms with Crippen LogP contribution in [0.5, 0.6) is 5.75 Å². The molecule has 9 heteroatoms. The Kier molecular flexibility index (Phi) is 5.55. The van der Waals surface area contributed by atoms with E-state index >= 15 is 0 Å². The number of rotatable bonds is 4. The highest BCUT2D eigenvalue weighted by atomic mass is 19.3. The van der Waals surface area contributed by atoms with Crippen LogP contribution >= 0.6 is 0 Å². The quantitative estimate of drug-likeness (QED) is 0.491. The third-order valence-corrected chi connectivity index (χ3v) is 5.18. The topological polar surface area (TPSA) is 29.5 Å². The zero-order chi connectivity index (χ0) is 21.6. The van der Waals surface area contributed by atoms with Crippen LogP contribution in [0.15, 0.2) is 24.3 Å². The summed E-state index contributed by atoms with van der Waals surface area (Å²) < 4.78 is 101. The summed E-state index contributed by atoms with van der Waals surface area (Å²) in [7, 11) is 0. The maximum absolute atomic E-state index is 14.4. The molecule has 2 aromatic carbocycles. The van der Waals surface area contributed by atoms with E-state index in [9.17, 15) is 35.8 Å². The first-order chi connectivity index (χ1) is 13.4. The Bertz CT molecular complexity index is 875. The first-order valence-electron chi connectivity index (χ1n) is 8.87. The molecule has 1 saturated carbocycles. The van der Waals surface area contributed by atoms with E-state index in [2.05, 4.69) is 4.74 Å². The molecular weight excluding hydrogens is 405 g/mol. The van der Waals surface area contributed by atoms with E-state index in [4.69, 9.17) is 0 Å². The highest BCUT2D eigenvalue weighted by Gasteiger charge is 2.43. The van der Waals surface area contributed by atoms with Gasteiger partial charge in [0.2, 0.25) is 0 Å². The number of ether oxygens (including phenoxy) is 1. The second kappa shape index (κ2) is 7.51. The largest absolute Gasteiger partial charge is 0.432 e. The Balaban J connectivity index is 1.94. The van der Waals surface area contributed by atoms with Crippen molar-refractivity contribution >= 4 is 0 Å². The van der Waals surface area contributed by atoms with Gasteiger partial charge in [0.05, 0.1) is 5.60 Å². The number of halogens is 7. The van der Waals surface area contributed by atoms with Gasteiger partial charge < -0.3 is 9.84 Å². The van der Waals surface area contributed by atoms with Crippen molar-refractivity contribution in [3.63, 3.8) is 0 Å². The Morgan fingerprint density at radius 3 is 1.86 bits per heavy atom. The zero-order valence-corrected chi connectivity index (χ0v) is 15.2. The molecule has 2 nitrogen and oxygen atoms in total. The average Bonchev–Trinajstić information content (AvgIpc) is 2.61. The Labute approximate surface area is 161 Å². The van der Waals surface area contributed by atoms with Gasteiger partial charge in [0.15, 0.2) is 17.5 Å². The van der Waals surface area contributed by atoms with Crippen LogP contribution < -0.4 is 4.74 Å². The normalized spacial score (nSPS) is 22.6. The maximum atomic E-state index is 14.4. The lowest BCUT2D eigenvalue weighted by atomic mass is 9.75. The van der Waals surface area contributed by atoms with Crippen LogP contribution in [0.3, 0.4) is 0 Å². The van der Waals surface area contributed by atoms with Crippen LogP contribution in [0.4, 0.5) is 30.7 Å². The summed E-state index contributed by atoms with van der Waals surface area (Å²) in [5.74, 6) is -9.74. The summed E-state index contributed by atoms with van der Waals surface area (Å²) in [4.78, 5) is 0. The molecule has 0 amide bonds. The molecule has 1 N–H and O–H groups in total. The molecule has 1 aliphatic carbocycles. The van der Waals surface area contributed by atoms with E-state index in [1.807, 2.05) is 6.92 Å². The van der Waals surface area contributed by atoms with E-state index < -0.39 is 52.1 Å². The van der Waals surface area contributed by atoms with E-state index in [0.29, 0.717) is 30.9 Å². The van der Waals surface area contributed by atoms with Crippen molar-refractivity contribution < 1.29 is 40.6 Å². The van der Waals surface area contributed by atoms with E-state index in [-0.39, 0.29) is 30.5 Å². The molecule has 1 aliphatic rings. The molecule has 0 spiro atoms. The van der Waals surface area contributed by atoms with Gasteiger partial charge in [-0.3, -0.25) is 0 Å². The molecule has 1 fully saturated rings. The van der Waals surface area contributed by atoms with Crippen molar-refractivity contribution in [3.8, 4) is 5.75 Å². The van der Waals surface area contributed by atoms with Crippen LogP contribution in [0.2, 0.25) is 0 Å². The number of hydrogen-bond acceptors (Lipinski definition) is 2. The first kappa shape index (κ1) is 21.4. The van der Waals surface area contributed by atoms with E-state index in [1.165, 1.54) is 0 Å². The molecule has 3 rings (SSSR count). The predicted octanol–water partition coefficient (Wildman–Crippen LogP) is 5.91. The van der Waals surface area contributed by atoms with E-state index in [1.54, 1.807) is 0 Å². The Hall–Kier alpha value is -2.29. The first-order valence-corrected chi connectivity index (χ1v) is 8.87. The highest BCUT2D eigenvalue weighted by molar-refractivity contribution is 5.34. The van der Waals surface area contributed by atoms with Gasteiger partial charge in [-0.1, -0.05) is 6.92 Å². The second-order valence-corrected chi connectivity index (χ2v) is 7.35. The fourth-order valence-electron chi connectivity index (χ4n) is 3.44. The fourth-order valence-corrected chi connectivity index (χ4v) is 3.44. The van der Waals surface area contributed by atoms with Crippen LogP contribution in [-0.2, 0) is 11.7 Å². The lowest BCUT2D eigenvalue weighted by molar-refractivity contribution is -0.189. The van der Waals surface area contributed by atoms with Crippen LogP contribution in [0.25, 0.3) is 0 Å². The van der Waals surface area contributed by atoms with Crippen LogP contribution in [-0.4, -0.2) is 5.11 Å². The summed E-state index contributed by atoms with van der Waals surface area (Å²) >= 11 is 0. The molecule has 158 valence electrons. The van der Waals surface area contributed by atoms with E-state index in [0.717, 1.165) is 0 Å². The molecule has 29 heavy (non-hydrogen) atoms. The average molecular weight is 422 g/mol. The summed E-state index contributed by atoms with van der Waals surface area (Å²) in [6.07, 6.45) is -3.03. The number of benzene rings is 2. The van der Waals surface area contributed by atoms with Crippen molar-refractivity contribution in [2.75, 3.05) is 0 Å². The lowest BCUT2D eigenvalue weighted by Gasteiger charge is -2.35. The fraction of sp³-hybridized carbons (Fsp3) is 0.400. The molecule has 0 unspecified atom stereocenters. The summed E-state index contributed by atoms with van der Waals surface area (Å²) in [6.45, 7) is 1.96. The monoisotopic (exact) mass is 422 g/mol. The van der Waals surface area contributed by atoms with Gasteiger partial charge in [-0.05, 0) is 49.3 Å². The van der Waals surface area contributed by atoms with Crippen molar-refractivity contribution in [1.82, 2.24) is 0 Å². The van der Waals surface area contributed by atoms with Crippen LogP contribution in [0.1, 0.15) is 43.7 Å². The molecule has 0 radical (unpaired) electrons. The number of alkyl halides is 2. The van der Waals surface area contributed by atoms with Crippen molar-refractivity contribution in [2.24, 2.45) is 5.92 Å². The summed E-state index contributed by atoms with van der Waals surface area (Å²) in [5, 5.41) is 10.7.